The number of aryl methyl sites for hydroxylation is 1. The number of carbonyl (C=O) groups is 1. The van der Waals surface area contributed by atoms with E-state index in [0.29, 0.717) is 5.56 Å². The van der Waals surface area contributed by atoms with Crippen molar-refractivity contribution in [1.29, 1.82) is 0 Å². The number of hydrogen-bond acceptors (Lipinski definition) is 3. The molecule has 4 nitrogen and oxygen atoms in total. The van der Waals surface area contributed by atoms with E-state index in [9.17, 15) is 4.79 Å². The summed E-state index contributed by atoms with van der Waals surface area (Å²) in [5, 5.41) is 4.91. The molecule has 0 unspecified atom stereocenters. The third-order valence-corrected chi connectivity index (χ3v) is 6.62. The zero-order chi connectivity index (χ0) is 23.2. The van der Waals surface area contributed by atoms with Gasteiger partial charge in [0.1, 0.15) is 0 Å². The molecule has 4 rings (SSSR count). The first kappa shape index (κ1) is 22.9. The molecule has 1 N–H and O–H groups in total. The Morgan fingerprint density at radius 1 is 1.00 bits per heavy atom. The molecule has 33 heavy (non-hydrogen) atoms. The van der Waals surface area contributed by atoms with E-state index in [1.165, 1.54) is 0 Å². The number of rotatable bonds is 7. The van der Waals surface area contributed by atoms with Crippen LogP contribution in [0.4, 0.5) is 0 Å². The van der Waals surface area contributed by atoms with Gasteiger partial charge in [0.2, 0.25) is 0 Å². The fourth-order valence-electron chi connectivity index (χ4n) is 3.57. The second-order valence-corrected chi connectivity index (χ2v) is 9.12. The number of carbonyl (C=O) groups excluding carboxylic acids is 1. The van der Waals surface area contributed by atoms with Crippen molar-refractivity contribution in [3.05, 3.63) is 118 Å². The van der Waals surface area contributed by atoms with Crippen molar-refractivity contribution in [2.24, 2.45) is 5.10 Å². The zero-order valence-corrected chi connectivity index (χ0v) is 20.0. The second-order valence-electron chi connectivity index (χ2n) is 7.64. The van der Waals surface area contributed by atoms with Crippen molar-refractivity contribution in [1.82, 2.24) is 9.99 Å². The molecule has 4 aromatic rings. The van der Waals surface area contributed by atoms with Crippen LogP contribution in [0.5, 0.6) is 0 Å². The van der Waals surface area contributed by atoms with Crippen molar-refractivity contribution < 1.29 is 4.79 Å². The number of thioether (sulfide) groups is 1. The number of benzene rings is 3. The molecule has 0 saturated heterocycles. The highest BCUT2D eigenvalue weighted by Gasteiger charge is 2.09. The minimum atomic E-state index is -0.236. The summed E-state index contributed by atoms with van der Waals surface area (Å²) >= 11 is 7.66. The lowest BCUT2D eigenvalue weighted by Gasteiger charge is -2.09. The maximum absolute atomic E-state index is 12.5. The number of hydrazone groups is 1. The van der Waals surface area contributed by atoms with Crippen LogP contribution in [0.2, 0.25) is 5.02 Å². The quantitative estimate of drug-likeness (QED) is 0.182. The standard InChI is InChI=1S/C27H24ClN3OS/c1-19-16-23(20(2)31(19)25-6-4-3-5-7-25)17-29-30-27(32)22-10-8-21(9-11-22)18-33-26-14-12-24(28)13-15-26/h3-17H,18H2,1-2H3,(H,30,32)/b29-17-. The Hall–Kier alpha value is -3.28. The van der Waals surface area contributed by atoms with Gasteiger partial charge in [-0.3, -0.25) is 4.79 Å². The molecular weight excluding hydrogens is 450 g/mol. The van der Waals surface area contributed by atoms with Crippen LogP contribution in [0.3, 0.4) is 0 Å². The van der Waals surface area contributed by atoms with E-state index in [4.69, 9.17) is 11.6 Å². The molecule has 166 valence electrons. The lowest BCUT2D eigenvalue weighted by atomic mass is 10.1. The summed E-state index contributed by atoms with van der Waals surface area (Å²) in [7, 11) is 0. The highest BCUT2D eigenvalue weighted by molar-refractivity contribution is 7.98. The van der Waals surface area contributed by atoms with E-state index in [0.717, 1.165) is 43.9 Å². The fraction of sp³-hybridized carbons (Fsp3) is 0.111. The molecule has 1 heterocycles. The van der Waals surface area contributed by atoms with E-state index in [1.54, 1.807) is 18.0 Å². The fourth-order valence-corrected chi connectivity index (χ4v) is 4.55. The molecule has 0 saturated carbocycles. The Balaban J connectivity index is 1.35. The third kappa shape index (κ3) is 5.75. The van der Waals surface area contributed by atoms with Gasteiger partial charge in [-0.15, -0.1) is 11.8 Å². The zero-order valence-electron chi connectivity index (χ0n) is 18.5. The van der Waals surface area contributed by atoms with E-state index in [-0.39, 0.29) is 5.91 Å². The summed E-state index contributed by atoms with van der Waals surface area (Å²) in [6.45, 7) is 4.10. The molecule has 0 radical (unpaired) electrons. The number of nitrogens with one attached hydrogen (secondary N) is 1. The SMILES string of the molecule is Cc1cc(/C=N\NC(=O)c2ccc(CSc3ccc(Cl)cc3)cc2)c(C)n1-c1ccccc1. The minimum absolute atomic E-state index is 0.236. The second kappa shape index (κ2) is 10.6. The maximum Gasteiger partial charge on any atom is 0.271 e. The van der Waals surface area contributed by atoms with E-state index < -0.39 is 0 Å². The van der Waals surface area contributed by atoms with Crippen molar-refractivity contribution in [3.8, 4) is 5.69 Å². The van der Waals surface area contributed by atoms with Gasteiger partial charge in [0.05, 0.1) is 6.21 Å². The first-order valence-electron chi connectivity index (χ1n) is 10.6. The molecule has 0 fully saturated rings. The minimum Gasteiger partial charge on any atom is -0.318 e. The Morgan fingerprint density at radius 2 is 1.70 bits per heavy atom. The van der Waals surface area contributed by atoms with E-state index >= 15 is 0 Å². The number of aromatic nitrogens is 1. The van der Waals surface area contributed by atoms with Gasteiger partial charge >= 0.3 is 0 Å². The molecule has 6 heteroatoms. The van der Waals surface area contributed by atoms with Crippen LogP contribution in [-0.4, -0.2) is 16.7 Å². The van der Waals surface area contributed by atoms with Gasteiger partial charge in [-0.25, -0.2) is 5.43 Å². The van der Waals surface area contributed by atoms with Crippen LogP contribution < -0.4 is 5.43 Å². The highest BCUT2D eigenvalue weighted by Crippen LogP contribution is 2.24. The Morgan fingerprint density at radius 3 is 2.39 bits per heavy atom. The monoisotopic (exact) mass is 473 g/mol. The number of halogens is 1. The Bertz CT molecular complexity index is 1260. The maximum atomic E-state index is 12.5. The average Bonchev–Trinajstić information content (AvgIpc) is 3.12. The van der Waals surface area contributed by atoms with Gasteiger partial charge in [-0.1, -0.05) is 41.9 Å². The van der Waals surface area contributed by atoms with E-state index in [1.807, 2.05) is 73.7 Å². The van der Waals surface area contributed by atoms with Crippen LogP contribution in [0, 0.1) is 13.8 Å². The van der Waals surface area contributed by atoms with Gasteiger partial charge in [0.25, 0.3) is 5.91 Å². The molecule has 3 aromatic carbocycles. The highest BCUT2D eigenvalue weighted by atomic mass is 35.5. The molecule has 0 aliphatic heterocycles. The molecule has 0 aliphatic rings. The average molecular weight is 474 g/mol. The molecule has 0 bridgehead atoms. The first-order valence-corrected chi connectivity index (χ1v) is 11.9. The lowest BCUT2D eigenvalue weighted by Crippen LogP contribution is -2.17. The summed E-state index contributed by atoms with van der Waals surface area (Å²) in [5.74, 6) is 0.582. The summed E-state index contributed by atoms with van der Waals surface area (Å²) < 4.78 is 2.17. The van der Waals surface area contributed by atoms with Crippen LogP contribution in [0.15, 0.2) is 94.9 Å². The largest absolute Gasteiger partial charge is 0.318 e. The molecule has 1 amide bonds. The summed E-state index contributed by atoms with van der Waals surface area (Å²) in [5.41, 5.74) is 8.59. The predicted molar refractivity (Wildman–Crippen MR) is 138 cm³/mol. The van der Waals surface area contributed by atoms with Crippen molar-refractivity contribution in [2.75, 3.05) is 0 Å². The number of hydrogen-bond donors (Lipinski definition) is 1. The number of nitrogens with zero attached hydrogens (tertiary/aromatic N) is 2. The van der Waals surface area contributed by atoms with Crippen LogP contribution in [-0.2, 0) is 5.75 Å². The van der Waals surface area contributed by atoms with Gasteiger partial charge < -0.3 is 4.57 Å². The molecule has 0 atom stereocenters. The first-order chi connectivity index (χ1) is 16.0. The Labute approximate surface area is 203 Å². The van der Waals surface area contributed by atoms with Crippen LogP contribution in [0.1, 0.15) is 32.9 Å². The molecule has 1 aromatic heterocycles. The molecular formula is C27H24ClN3OS. The van der Waals surface area contributed by atoms with Crippen molar-refractivity contribution >= 4 is 35.5 Å². The molecule has 0 aliphatic carbocycles. The summed E-state index contributed by atoms with van der Waals surface area (Å²) in [6, 6.07) is 27.6. The predicted octanol–water partition coefficient (Wildman–Crippen LogP) is 6.80. The normalized spacial score (nSPS) is 11.1. The van der Waals surface area contributed by atoms with E-state index in [2.05, 4.69) is 40.2 Å². The van der Waals surface area contributed by atoms with Crippen LogP contribution >= 0.6 is 23.4 Å². The summed E-state index contributed by atoms with van der Waals surface area (Å²) in [6.07, 6.45) is 1.69. The van der Waals surface area contributed by atoms with Gasteiger partial charge in [-0.2, -0.15) is 5.10 Å². The van der Waals surface area contributed by atoms with Crippen LogP contribution in [0.25, 0.3) is 5.69 Å². The van der Waals surface area contributed by atoms with Gasteiger partial charge in [0.15, 0.2) is 0 Å². The van der Waals surface area contributed by atoms with Crippen molar-refractivity contribution in [3.63, 3.8) is 0 Å². The molecule has 0 spiro atoms. The lowest BCUT2D eigenvalue weighted by molar-refractivity contribution is 0.0955. The summed E-state index contributed by atoms with van der Waals surface area (Å²) in [4.78, 5) is 13.6. The van der Waals surface area contributed by atoms with Gasteiger partial charge in [0, 0.05) is 43.9 Å². The number of amides is 1. The van der Waals surface area contributed by atoms with Gasteiger partial charge in [-0.05, 0) is 74.0 Å². The topological polar surface area (TPSA) is 46.4 Å². The number of para-hydroxylation sites is 1. The van der Waals surface area contributed by atoms with Crippen molar-refractivity contribution in [2.45, 2.75) is 24.5 Å². The Kier molecular flexibility index (Phi) is 7.33. The third-order valence-electron chi connectivity index (χ3n) is 5.29. The smallest absolute Gasteiger partial charge is 0.271 e.